The molecule has 0 spiro atoms. The molecule has 0 aliphatic heterocycles. The van der Waals surface area contributed by atoms with E-state index in [1.54, 1.807) is 24.0 Å². The number of nitrogens with zero attached hydrogens (tertiary/aromatic N) is 1. The lowest BCUT2D eigenvalue weighted by atomic mass is 10.1. The fourth-order valence-corrected chi connectivity index (χ4v) is 3.39. The summed E-state index contributed by atoms with van der Waals surface area (Å²) in [4.78, 5) is 16.7. The maximum Gasteiger partial charge on any atom is 0.251 e. The molecule has 0 unspecified atom stereocenters. The number of aromatic nitrogens is 1. The van der Waals surface area contributed by atoms with Crippen LogP contribution in [-0.4, -0.2) is 16.6 Å². The van der Waals surface area contributed by atoms with Crippen LogP contribution in [0, 0.1) is 0 Å². The first-order chi connectivity index (χ1) is 13.7. The SMILES string of the molecule is CCSc1cc(C(=O)NCc2cccc(COCc3ccccc3)c2)ccn1. The molecule has 2 aromatic carbocycles. The first-order valence-corrected chi connectivity index (χ1v) is 10.3. The van der Waals surface area contributed by atoms with Crippen LogP contribution in [0.2, 0.25) is 0 Å². The van der Waals surface area contributed by atoms with Crippen LogP contribution in [0.15, 0.2) is 78.0 Å². The Bertz CT molecular complexity index is 900. The molecule has 1 heterocycles. The second kappa shape index (κ2) is 10.6. The second-order valence-corrected chi connectivity index (χ2v) is 7.58. The predicted molar refractivity (Wildman–Crippen MR) is 113 cm³/mol. The largest absolute Gasteiger partial charge is 0.372 e. The van der Waals surface area contributed by atoms with Crippen molar-refractivity contribution in [3.63, 3.8) is 0 Å². The Morgan fingerprint density at radius 1 is 0.964 bits per heavy atom. The van der Waals surface area contributed by atoms with Gasteiger partial charge in [-0.3, -0.25) is 4.79 Å². The lowest BCUT2D eigenvalue weighted by molar-refractivity contribution is 0.0950. The molecule has 5 heteroatoms. The Balaban J connectivity index is 1.51. The zero-order valence-corrected chi connectivity index (χ0v) is 16.7. The number of nitrogens with one attached hydrogen (secondary N) is 1. The minimum absolute atomic E-state index is 0.0916. The van der Waals surface area contributed by atoms with Gasteiger partial charge in [-0.1, -0.05) is 61.5 Å². The minimum Gasteiger partial charge on any atom is -0.372 e. The van der Waals surface area contributed by atoms with E-state index in [4.69, 9.17) is 4.74 Å². The van der Waals surface area contributed by atoms with Crippen LogP contribution in [-0.2, 0) is 24.5 Å². The summed E-state index contributed by atoms with van der Waals surface area (Å²) in [6.45, 7) is 3.67. The smallest absolute Gasteiger partial charge is 0.251 e. The molecule has 3 aromatic rings. The monoisotopic (exact) mass is 392 g/mol. The van der Waals surface area contributed by atoms with Gasteiger partial charge in [0.05, 0.1) is 18.2 Å². The van der Waals surface area contributed by atoms with Crippen LogP contribution in [0.25, 0.3) is 0 Å². The van der Waals surface area contributed by atoms with Gasteiger partial charge in [0.2, 0.25) is 0 Å². The third-order valence-corrected chi connectivity index (χ3v) is 4.92. The Kier molecular flexibility index (Phi) is 7.64. The highest BCUT2D eigenvalue weighted by Crippen LogP contribution is 2.15. The van der Waals surface area contributed by atoms with Crippen molar-refractivity contribution >= 4 is 17.7 Å². The molecule has 0 atom stereocenters. The van der Waals surface area contributed by atoms with Crippen LogP contribution < -0.4 is 5.32 Å². The van der Waals surface area contributed by atoms with E-state index >= 15 is 0 Å². The second-order valence-electron chi connectivity index (χ2n) is 6.30. The van der Waals surface area contributed by atoms with E-state index in [0.717, 1.165) is 27.5 Å². The van der Waals surface area contributed by atoms with E-state index in [9.17, 15) is 4.79 Å². The van der Waals surface area contributed by atoms with Crippen LogP contribution in [0.5, 0.6) is 0 Å². The molecular formula is C23H24N2O2S. The molecule has 4 nitrogen and oxygen atoms in total. The number of pyridine rings is 1. The Labute approximate surface area is 170 Å². The van der Waals surface area contributed by atoms with Gasteiger partial charge in [-0.05, 0) is 34.6 Å². The molecule has 0 saturated heterocycles. The van der Waals surface area contributed by atoms with Gasteiger partial charge in [-0.15, -0.1) is 11.8 Å². The van der Waals surface area contributed by atoms with E-state index in [2.05, 4.69) is 35.4 Å². The van der Waals surface area contributed by atoms with Crippen LogP contribution in [0.1, 0.15) is 34.0 Å². The molecule has 3 rings (SSSR count). The molecule has 0 aliphatic carbocycles. The summed E-state index contributed by atoms with van der Waals surface area (Å²) < 4.78 is 5.80. The van der Waals surface area contributed by atoms with Gasteiger partial charge in [0, 0.05) is 18.3 Å². The summed E-state index contributed by atoms with van der Waals surface area (Å²) in [6.07, 6.45) is 1.68. The van der Waals surface area contributed by atoms with Crippen molar-refractivity contribution in [3.05, 3.63) is 95.2 Å². The highest BCUT2D eigenvalue weighted by atomic mass is 32.2. The van der Waals surface area contributed by atoms with E-state index in [1.165, 1.54) is 0 Å². The summed E-state index contributed by atoms with van der Waals surface area (Å²) in [7, 11) is 0. The summed E-state index contributed by atoms with van der Waals surface area (Å²) in [6, 6.07) is 21.8. The molecule has 1 aromatic heterocycles. The summed E-state index contributed by atoms with van der Waals surface area (Å²) in [5.41, 5.74) is 3.93. The van der Waals surface area contributed by atoms with E-state index in [0.29, 0.717) is 25.3 Å². The van der Waals surface area contributed by atoms with Crippen molar-refractivity contribution in [2.24, 2.45) is 0 Å². The van der Waals surface area contributed by atoms with Crippen LogP contribution in [0.3, 0.4) is 0 Å². The zero-order chi connectivity index (χ0) is 19.6. The number of thioether (sulfide) groups is 1. The lowest BCUT2D eigenvalue weighted by Gasteiger charge is -2.09. The standard InChI is InChI=1S/C23H24N2O2S/c1-2-28-22-14-21(11-12-24-22)23(26)25-15-19-9-6-10-20(13-19)17-27-16-18-7-4-3-5-8-18/h3-14H,2,15-17H2,1H3,(H,25,26). The summed E-state index contributed by atoms with van der Waals surface area (Å²) in [5.74, 6) is 0.836. The van der Waals surface area contributed by atoms with Crippen molar-refractivity contribution in [1.82, 2.24) is 10.3 Å². The third-order valence-electron chi connectivity index (χ3n) is 4.11. The maximum absolute atomic E-state index is 12.4. The van der Waals surface area contributed by atoms with Crippen molar-refractivity contribution in [1.29, 1.82) is 0 Å². The van der Waals surface area contributed by atoms with Gasteiger partial charge < -0.3 is 10.1 Å². The number of ether oxygens (including phenoxy) is 1. The highest BCUT2D eigenvalue weighted by Gasteiger charge is 2.07. The van der Waals surface area contributed by atoms with Crippen molar-refractivity contribution in [2.45, 2.75) is 31.7 Å². The summed E-state index contributed by atoms with van der Waals surface area (Å²) in [5, 5.41) is 3.85. The third kappa shape index (κ3) is 6.22. The number of amides is 1. The molecule has 0 bridgehead atoms. The minimum atomic E-state index is -0.0916. The molecule has 0 fully saturated rings. The number of carbonyl (C=O) groups is 1. The molecule has 28 heavy (non-hydrogen) atoms. The Morgan fingerprint density at radius 3 is 2.54 bits per heavy atom. The van der Waals surface area contributed by atoms with Gasteiger partial charge in [0.25, 0.3) is 5.91 Å². The number of benzene rings is 2. The van der Waals surface area contributed by atoms with Gasteiger partial charge >= 0.3 is 0 Å². The van der Waals surface area contributed by atoms with E-state index in [1.807, 2.05) is 42.5 Å². The maximum atomic E-state index is 12.4. The lowest BCUT2D eigenvalue weighted by Crippen LogP contribution is -2.22. The quantitative estimate of drug-likeness (QED) is 0.530. The average molecular weight is 393 g/mol. The average Bonchev–Trinajstić information content (AvgIpc) is 2.74. The number of carbonyl (C=O) groups excluding carboxylic acids is 1. The van der Waals surface area contributed by atoms with Crippen LogP contribution in [0.4, 0.5) is 0 Å². The first-order valence-electron chi connectivity index (χ1n) is 9.31. The topological polar surface area (TPSA) is 51.2 Å². The van der Waals surface area contributed by atoms with Crippen molar-refractivity contribution < 1.29 is 9.53 Å². The molecule has 0 aliphatic rings. The summed E-state index contributed by atoms with van der Waals surface area (Å²) >= 11 is 1.62. The molecule has 144 valence electrons. The predicted octanol–water partition coefficient (Wildman–Crippen LogP) is 4.84. The number of hydrogen-bond donors (Lipinski definition) is 1. The van der Waals surface area contributed by atoms with E-state index < -0.39 is 0 Å². The number of rotatable bonds is 9. The normalized spacial score (nSPS) is 10.6. The molecule has 1 N–H and O–H groups in total. The van der Waals surface area contributed by atoms with E-state index in [-0.39, 0.29) is 5.91 Å². The fraction of sp³-hybridized carbons (Fsp3) is 0.217. The van der Waals surface area contributed by atoms with Gasteiger partial charge in [-0.25, -0.2) is 4.98 Å². The molecular weight excluding hydrogens is 368 g/mol. The Morgan fingerprint density at radius 2 is 1.71 bits per heavy atom. The molecule has 0 radical (unpaired) electrons. The van der Waals surface area contributed by atoms with Crippen molar-refractivity contribution in [2.75, 3.05) is 5.75 Å². The highest BCUT2D eigenvalue weighted by molar-refractivity contribution is 7.99. The molecule has 1 amide bonds. The fourth-order valence-electron chi connectivity index (χ4n) is 2.75. The van der Waals surface area contributed by atoms with Gasteiger partial charge in [0.1, 0.15) is 0 Å². The number of hydrogen-bond acceptors (Lipinski definition) is 4. The molecule has 0 saturated carbocycles. The van der Waals surface area contributed by atoms with Crippen molar-refractivity contribution in [3.8, 4) is 0 Å². The zero-order valence-electron chi connectivity index (χ0n) is 15.9. The van der Waals surface area contributed by atoms with Crippen LogP contribution >= 0.6 is 11.8 Å². The first kappa shape index (κ1) is 20.1. The van der Waals surface area contributed by atoms with Gasteiger partial charge in [-0.2, -0.15) is 0 Å². The Hall–Kier alpha value is -2.63. The van der Waals surface area contributed by atoms with Gasteiger partial charge in [0.15, 0.2) is 0 Å².